The van der Waals surface area contributed by atoms with Crippen LogP contribution in [0.1, 0.15) is 52.0 Å². The summed E-state index contributed by atoms with van der Waals surface area (Å²) in [6, 6.07) is 7.85. The summed E-state index contributed by atoms with van der Waals surface area (Å²) >= 11 is 0. The lowest BCUT2D eigenvalue weighted by Gasteiger charge is -2.26. The first-order valence-corrected chi connectivity index (χ1v) is 7.68. The van der Waals surface area contributed by atoms with Crippen LogP contribution in [0.4, 0.5) is 0 Å². The Morgan fingerprint density at radius 1 is 1.32 bits per heavy atom. The number of nitrogens with two attached hydrogens (primary N) is 1. The molecule has 0 saturated heterocycles. The molecule has 1 aromatic rings. The fourth-order valence-corrected chi connectivity index (χ4v) is 1.94. The lowest BCUT2D eigenvalue weighted by atomic mass is 9.94. The third-order valence-electron chi connectivity index (χ3n) is 3.94. The van der Waals surface area contributed by atoms with Crippen LogP contribution < -0.4 is 15.8 Å². The average Bonchev–Trinajstić information content (AvgIpc) is 2.50. The van der Waals surface area contributed by atoms with Crippen molar-refractivity contribution in [1.82, 2.24) is 5.32 Å². The number of nitrogens with one attached hydrogen (secondary N) is 1. The molecule has 1 amide bonds. The van der Waals surface area contributed by atoms with E-state index in [2.05, 4.69) is 25.2 Å². The Hall–Kier alpha value is -1.26. The second-order valence-electron chi connectivity index (χ2n) is 5.86. The minimum Gasteiger partial charge on any atom is -0.484 e. The summed E-state index contributed by atoms with van der Waals surface area (Å²) in [5.74, 6) is 1.03. The number of halogens is 1. The maximum Gasteiger partial charge on any atom is 0.258 e. The third-order valence-corrected chi connectivity index (χ3v) is 3.94. The molecule has 0 aliphatic heterocycles. The van der Waals surface area contributed by atoms with Gasteiger partial charge in [-0.3, -0.25) is 4.79 Å². The van der Waals surface area contributed by atoms with E-state index in [9.17, 15) is 4.79 Å². The highest BCUT2D eigenvalue weighted by atomic mass is 35.5. The molecule has 0 heterocycles. The smallest absolute Gasteiger partial charge is 0.258 e. The number of carbonyl (C=O) groups is 1. The van der Waals surface area contributed by atoms with Crippen LogP contribution in [0.15, 0.2) is 24.3 Å². The van der Waals surface area contributed by atoms with E-state index in [0.717, 1.165) is 18.6 Å². The topological polar surface area (TPSA) is 64.3 Å². The normalized spacial score (nSPS) is 11.0. The molecule has 22 heavy (non-hydrogen) atoms. The first-order valence-electron chi connectivity index (χ1n) is 7.68. The zero-order valence-corrected chi connectivity index (χ0v) is 14.8. The standard InChI is InChI=1S/C17H28N2O2.ClH/c1-5-17(18,6-2)12-19-16(20)11-21-15-9-7-8-14(10-15)13(3)4;/h7-10,13H,5-6,11-12,18H2,1-4H3,(H,19,20);1H. The van der Waals surface area contributed by atoms with Crippen LogP contribution in [0.3, 0.4) is 0 Å². The molecule has 0 bridgehead atoms. The highest BCUT2D eigenvalue weighted by Gasteiger charge is 2.20. The summed E-state index contributed by atoms with van der Waals surface area (Å²) in [4.78, 5) is 11.8. The molecule has 126 valence electrons. The lowest BCUT2D eigenvalue weighted by Crippen LogP contribution is -2.50. The molecule has 0 aliphatic carbocycles. The molecular weight excluding hydrogens is 300 g/mol. The minimum atomic E-state index is -0.326. The number of ether oxygens (including phenoxy) is 1. The molecule has 3 N–H and O–H groups in total. The van der Waals surface area contributed by atoms with Crippen molar-refractivity contribution in [1.29, 1.82) is 0 Å². The van der Waals surface area contributed by atoms with Gasteiger partial charge >= 0.3 is 0 Å². The summed E-state index contributed by atoms with van der Waals surface area (Å²) in [6.45, 7) is 8.82. The zero-order chi connectivity index (χ0) is 15.9. The van der Waals surface area contributed by atoms with Crippen LogP contribution in [0.25, 0.3) is 0 Å². The van der Waals surface area contributed by atoms with Crippen LogP contribution in [0, 0.1) is 0 Å². The predicted molar refractivity (Wildman–Crippen MR) is 93.8 cm³/mol. The van der Waals surface area contributed by atoms with Crippen molar-refractivity contribution in [2.45, 2.75) is 52.0 Å². The first-order chi connectivity index (χ1) is 9.90. The Morgan fingerprint density at radius 2 is 1.95 bits per heavy atom. The van der Waals surface area contributed by atoms with Crippen LogP contribution >= 0.6 is 12.4 Å². The van der Waals surface area contributed by atoms with Gasteiger partial charge in [0, 0.05) is 12.1 Å². The van der Waals surface area contributed by atoms with E-state index in [1.807, 2.05) is 32.0 Å². The highest BCUT2D eigenvalue weighted by Crippen LogP contribution is 2.20. The molecule has 0 aromatic heterocycles. The summed E-state index contributed by atoms with van der Waals surface area (Å²) < 4.78 is 5.54. The van der Waals surface area contributed by atoms with E-state index in [1.165, 1.54) is 5.56 Å². The Labute approximate surface area is 140 Å². The van der Waals surface area contributed by atoms with Gasteiger partial charge in [-0.05, 0) is 36.5 Å². The van der Waals surface area contributed by atoms with Crippen LogP contribution in [-0.2, 0) is 4.79 Å². The predicted octanol–water partition coefficient (Wildman–Crippen LogP) is 3.24. The molecule has 0 unspecified atom stereocenters. The monoisotopic (exact) mass is 328 g/mol. The number of carbonyl (C=O) groups excluding carboxylic acids is 1. The summed E-state index contributed by atoms with van der Waals surface area (Å²) in [5, 5.41) is 2.84. The highest BCUT2D eigenvalue weighted by molar-refractivity contribution is 5.85. The first kappa shape index (κ1) is 20.7. The molecule has 5 heteroatoms. The molecular formula is C17H29ClN2O2. The van der Waals surface area contributed by atoms with Crippen LogP contribution in [0.5, 0.6) is 5.75 Å². The fraction of sp³-hybridized carbons (Fsp3) is 0.588. The van der Waals surface area contributed by atoms with Gasteiger partial charge in [0.1, 0.15) is 5.75 Å². The van der Waals surface area contributed by atoms with E-state index < -0.39 is 0 Å². The minimum absolute atomic E-state index is 0. The number of benzene rings is 1. The molecule has 0 spiro atoms. The average molecular weight is 329 g/mol. The maximum atomic E-state index is 11.8. The Morgan fingerprint density at radius 3 is 2.50 bits per heavy atom. The molecule has 0 saturated carbocycles. The maximum absolute atomic E-state index is 11.8. The van der Waals surface area contributed by atoms with Crippen molar-refractivity contribution in [3.05, 3.63) is 29.8 Å². The lowest BCUT2D eigenvalue weighted by molar-refractivity contribution is -0.123. The van der Waals surface area contributed by atoms with E-state index in [4.69, 9.17) is 10.5 Å². The molecule has 0 aliphatic rings. The number of amides is 1. The van der Waals surface area contributed by atoms with Crippen molar-refractivity contribution in [3.8, 4) is 5.75 Å². The van der Waals surface area contributed by atoms with Gasteiger partial charge in [-0.2, -0.15) is 0 Å². The van der Waals surface area contributed by atoms with Crippen LogP contribution in [-0.4, -0.2) is 24.6 Å². The molecule has 0 fully saturated rings. The largest absolute Gasteiger partial charge is 0.484 e. The Bertz CT molecular complexity index is 460. The fourth-order valence-electron chi connectivity index (χ4n) is 1.94. The van der Waals surface area contributed by atoms with Crippen LogP contribution in [0.2, 0.25) is 0 Å². The van der Waals surface area contributed by atoms with Gasteiger partial charge in [-0.15, -0.1) is 12.4 Å². The van der Waals surface area contributed by atoms with E-state index >= 15 is 0 Å². The van der Waals surface area contributed by atoms with Gasteiger partial charge in [0.05, 0.1) is 0 Å². The number of hydrogen-bond donors (Lipinski definition) is 2. The molecule has 1 rings (SSSR count). The van der Waals surface area contributed by atoms with Crippen molar-refractivity contribution < 1.29 is 9.53 Å². The molecule has 1 aromatic carbocycles. The molecule has 4 nitrogen and oxygen atoms in total. The van der Waals surface area contributed by atoms with E-state index in [-0.39, 0.29) is 30.5 Å². The second kappa shape index (κ2) is 9.70. The molecule has 0 atom stereocenters. The Kier molecular flexibility index (Phi) is 9.14. The van der Waals surface area contributed by atoms with Gasteiger partial charge in [-0.1, -0.05) is 39.8 Å². The van der Waals surface area contributed by atoms with E-state index in [0.29, 0.717) is 12.5 Å². The number of hydrogen-bond acceptors (Lipinski definition) is 3. The SMILES string of the molecule is CCC(N)(CC)CNC(=O)COc1cccc(C(C)C)c1.Cl. The summed E-state index contributed by atoms with van der Waals surface area (Å²) in [7, 11) is 0. The van der Waals surface area contributed by atoms with Crippen molar-refractivity contribution in [2.75, 3.05) is 13.2 Å². The van der Waals surface area contributed by atoms with Crippen molar-refractivity contribution in [2.24, 2.45) is 5.73 Å². The zero-order valence-electron chi connectivity index (χ0n) is 14.0. The molecule has 0 radical (unpaired) electrons. The third kappa shape index (κ3) is 6.67. The second-order valence-corrected chi connectivity index (χ2v) is 5.86. The summed E-state index contributed by atoms with van der Waals surface area (Å²) in [6.07, 6.45) is 1.67. The quantitative estimate of drug-likeness (QED) is 0.770. The summed E-state index contributed by atoms with van der Waals surface area (Å²) in [5.41, 5.74) is 7.02. The Balaban J connectivity index is 0.00000441. The van der Waals surface area contributed by atoms with Gasteiger partial charge < -0.3 is 15.8 Å². The van der Waals surface area contributed by atoms with Gasteiger partial charge in [0.25, 0.3) is 5.91 Å². The van der Waals surface area contributed by atoms with Gasteiger partial charge in [0.15, 0.2) is 6.61 Å². The van der Waals surface area contributed by atoms with Gasteiger partial charge in [0.2, 0.25) is 0 Å². The van der Waals surface area contributed by atoms with Crippen molar-refractivity contribution >= 4 is 18.3 Å². The van der Waals surface area contributed by atoms with Crippen molar-refractivity contribution in [3.63, 3.8) is 0 Å². The number of rotatable bonds is 8. The van der Waals surface area contributed by atoms with E-state index in [1.54, 1.807) is 0 Å². The van der Waals surface area contributed by atoms with Gasteiger partial charge in [-0.25, -0.2) is 0 Å².